The first-order chi connectivity index (χ1) is 18.8. The van der Waals surface area contributed by atoms with Crippen LogP contribution in [0.15, 0.2) is 64.1 Å². The van der Waals surface area contributed by atoms with Gasteiger partial charge in [0.05, 0.1) is 18.1 Å². The predicted octanol–water partition coefficient (Wildman–Crippen LogP) is 5.40. The van der Waals surface area contributed by atoms with E-state index in [0.29, 0.717) is 17.2 Å². The Labute approximate surface area is 226 Å². The molecule has 2 amide bonds. The number of nitrogens with zero attached hydrogens (tertiary/aromatic N) is 4. The molecule has 39 heavy (non-hydrogen) atoms. The summed E-state index contributed by atoms with van der Waals surface area (Å²) < 4.78 is 7.82. The second kappa shape index (κ2) is 8.15. The predicted molar refractivity (Wildman–Crippen MR) is 145 cm³/mol. The number of carbonyl (C=O) groups is 2. The summed E-state index contributed by atoms with van der Waals surface area (Å²) in [6.07, 6.45) is 1.57. The molecule has 7 heteroatoms. The molecule has 2 atom stereocenters. The lowest BCUT2D eigenvalue weighted by Crippen LogP contribution is -2.41. The molecule has 2 bridgehead atoms. The Balaban J connectivity index is 1.27. The number of benzene rings is 2. The van der Waals surface area contributed by atoms with Gasteiger partial charge in [0.15, 0.2) is 0 Å². The van der Waals surface area contributed by atoms with Gasteiger partial charge in [-0.15, -0.1) is 0 Å². The standard InChI is InChI=1S/C32H26N4O3/c1-16-13-20(18(3)35(16)32-25(14-33)17(2)19(4)39-32)15-34-36-30(37)28-26-21-9-5-6-10-22(21)27(29(28)31(36)38)24-12-8-7-11-23(24)26/h5-13,15,26-29H,1-4H3/b34-15-/t26?,27?,28-,29-/m0/s1. The van der Waals surface area contributed by atoms with Crippen LogP contribution in [0.5, 0.6) is 0 Å². The molecule has 8 rings (SSSR count). The number of amides is 2. The average Bonchev–Trinajstić information content (AvgIpc) is 3.49. The number of carbonyl (C=O) groups excluding carboxylic acids is 2. The number of imide groups is 1. The molecule has 4 aromatic rings. The number of aromatic nitrogens is 1. The van der Waals surface area contributed by atoms with Gasteiger partial charge in [-0.05, 0) is 56.0 Å². The molecule has 0 saturated carbocycles. The molecule has 0 N–H and O–H groups in total. The number of nitriles is 1. The van der Waals surface area contributed by atoms with Crippen LogP contribution in [-0.4, -0.2) is 27.6 Å². The third kappa shape index (κ3) is 3.00. The van der Waals surface area contributed by atoms with Crippen molar-refractivity contribution in [3.8, 4) is 12.0 Å². The van der Waals surface area contributed by atoms with Gasteiger partial charge in [-0.2, -0.15) is 15.4 Å². The van der Waals surface area contributed by atoms with Crippen molar-refractivity contribution >= 4 is 18.0 Å². The highest BCUT2D eigenvalue weighted by Gasteiger charge is 2.61. The third-order valence-electron chi connectivity index (χ3n) is 8.89. The van der Waals surface area contributed by atoms with Crippen molar-refractivity contribution in [3.05, 3.63) is 111 Å². The van der Waals surface area contributed by atoms with Crippen LogP contribution >= 0.6 is 0 Å². The maximum atomic E-state index is 13.8. The first kappa shape index (κ1) is 23.4. The molecule has 2 aromatic heterocycles. The van der Waals surface area contributed by atoms with Crippen LogP contribution in [0.25, 0.3) is 5.88 Å². The normalized spacial score (nSPS) is 22.8. The second-order valence-electron chi connectivity index (χ2n) is 10.7. The zero-order chi connectivity index (χ0) is 27.2. The van der Waals surface area contributed by atoms with E-state index in [1.807, 2.05) is 62.6 Å². The van der Waals surface area contributed by atoms with Crippen molar-refractivity contribution in [2.75, 3.05) is 0 Å². The highest BCUT2D eigenvalue weighted by atomic mass is 16.4. The van der Waals surface area contributed by atoms with E-state index < -0.39 is 11.8 Å². The fourth-order valence-corrected chi connectivity index (χ4v) is 7.02. The molecule has 3 heterocycles. The largest absolute Gasteiger partial charge is 0.443 e. The van der Waals surface area contributed by atoms with Gasteiger partial charge in [-0.1, -0.05) is 48.5 Å². The van der Waals surface area contributed by atoms with Crippen LogP contribution in [0.4, 0.5) is 0 Å². The zero-order valence-corrected chi connectivity index (χ0v) is 22.1. The van der Waals surface area contributed by atoms with Gasteiger partial charge < -0.3 is 4.42 Å². The van der Waals surface area contributed by atoms with E-state index in [-0.39, 0.29) is 23.7 Å². The summed E-state index contributed by atoms with van der Waals surface area (Å²) in [7, 11) is 0. The van der Waals surface area contributed by atoms with Gasteiger partial charge in [0.1, 0.15) is 17.4 Å². The summed E-state index contributed by atoms with van der Waals surface area (Å²) >= 11 is 0. The summed E-state index contributed by atoms with van der Waals surface area (Å²) in [6, 6.07) is 20.5. The molecular weight excluding hydrogens is 488 g/mol. The van der Waals surface area contributed by atoms with E-state index in [1.165, 1.54) is 0 Å². The van der Waals surface area contributed by atoms with Crippen molar-refractivity contribution in [1.29, 1.82) is 5.26 Å². The number of rotatable bonds is 3. The van der Waals surface area contributed by atoms with E-state index in [0.717, 1.165) is 49.8 Å². The smallest absolute Gasteiger partial charge is 0.254 e. The average molecular weight is 515 g/mol. The molecule has 0 radical (unpaired) electrons. The number of aryl methyl sites for hydroxylation is 2. The molecule has 4 aliphatic rings. The van der Waals surface area contributed by atoms with Crippen molar-refractivity contribution in [3.63, 3.8) is 0 Å². The van der Waals surface area contributed by atoms with Crippen LogP contribution < -0.4 is 0 Å². The SMILES string of the molecule is Cc1oc(-n2c(C)cc(/C=N\N3C(=O)[C@H]4C5c6ccccc6C(c6ccccc65)[C@@H]4C3=O)c2C)c(C#N)c1C. The van der Waals surface area contributed by atoms with E-state index in [1.54, 1.807) is 6.21 Å². The first-order valence-electron chi connectivity index (χ1n) is 13.1. The number of hydrogen-bond donors (Lipinski definition) is 0. The van der Waals surface area contributed by atoms with E-state index in [2.05, 4.69) is 35.4 Å². The minimum atomic E-state index is -0.468. The minimum absolute atomic E-state index is 0.163. The highest BCUT2D eigenvalue weighted by molar-refractivity contribution is 6.08. The van der Waals surface area contributed by atoms with Crippen molar-refractivity contribution in [2.24, 2.45) is 16.9 Å². The topological polar surface area (TPSA) is 91.6 Å². The third-order valence-corrected chi connectivity index (χ3v) is 8.89. The minimum Gasteiger partial charge on any atom is -0.443 e. The molecule has 1 fully saturated rings. The molecular formula is C32H26N4O3. The second-order valence-corrected chi connectivity index (χ2v) is 10.7. The Morgan fingerprint density at radius 2 is 1.38 bits per heavy atom. The Morgan fingerprint density at radius 1 is 0.872 bits per heavy atom. The molecule has 0 spiro atoms. The lowest BCUT2D eigenvalue weighted by Gasteiger charge is -2.45. The number of furan rings is 1. The van der Waals surface area contributed by atoms with E-state index >= 15 is 0 Å². The van der Waals surface area contributed by atoms with Gasteiger partial charge in [0.25, 0.3) is 11.8 Å². The molecule has 1 saturated heterocycles. The number of hydrazone groups is 1. The molecule has 3 aliphatic carbocycles. The molecule has 2 aromatic carbocycles. The van der Waals surface area contributed by atoms with Crippen LogP contribution in [-0.2, 0) is 9.59 Å². The van der Waals surface area contributed by atoms with Gasteiger partial charge in [-0.3, -0.25) is 14.2 Å². The Hall–Kier alpha value is -4.70. The van der Waals surface area contributed by atoms with Gasteiger partial charge in [0, 0.05) is 34.4 Å². The summed E-state index contributed by atoms with van der Waals surface area (Å²) in [6.45, 7) is 7.53. The Morgan fingerprint density at radius 3 is 1.87 bits per heavy atom. The monoisotopic (exact) mass is 514 g/mol. The maximum Gasteiger partial charge on any atom is 0.254 e. The van der Waals surface area contributed by atoms with E-state index in [4.69, 9.17) is 4.42 Å². The van der Waals surface area contributed by atoms with Crippen molar-refractivity contribution in [1.82, 2.24) is 9.58 Å². The summed E-state index contributed by atoms with van der Waals surface area (Å²) in [4.78, 5) is 27.6. The molecule has 0 unspecified atom stereocenters. The van der Waals surface area contributed by atoms with Crippen LogP contribution in [0.3, 0.4) is 0 Å². The van der Waals surface area contributed by atoms with Gasteiger partial charge in [0.2, 0.25) is 5.88 Å². The van der Waals surface area contributed by atoms with Crippen LogP contribution in [0.2, 0.25) is 0 Å². The van der Waals surface area contributed by atoms with Crippen molar-refractivity contribution in [2.45, 2.75) is 39.5 Å². The zero-order valence-electron chi connectivity index (χ0n) is 22.1. The molecule has 192 valence electrons. The Bertz CT molecular complexity index is 1680. The molecule has 1 aliphatic heterocycles. The Kier molecular flexibility index (Phi) is 4.89. The fourth-order valence-electron chi connectivity index (χ4n) is 7.02. The van der Waals surface area contributed by atoms with Crippen LogP contribution in [0, 0.1) is 50.9 Å². The van der Waals surface area contributed by atoms with Crippen LogP contribution in [0.1, 0.15) is 67.9 Å². The van der Waals surface area contributed by atoms with Crippen molar-refractivity contribution < 1.29 is 14.0 Å². The fraction of sp³-hybridized carbons (Fsp3) is 0.250. The van der Waals surface area contributed by atoms with E-state index in [9.17, 15) is 14.9 Å². The van der Waals surface area contributed by atoms with Gasteiger partial charge in [-0.25, -0.2) is 0 Å². The summed E-state index contributed by atoms with van der Waals surface area (Å²) in [5, 5.41) is 15.3. The lowest BCUT2D eigenvalue weighted by atomic mass is 9.55. The van der Waals surface area contributed by atoms with Gasteiger partial charge >= 0.3 is 0 Å². The molecule has 7 nitrogen and oxygen atoms in total. The number of hydrogen-bond acceptors (Lipinski definition) is 5. The highest BCUT2D eigenvalue weighted by Crippen LogP contribution is 2.60. The summed E-state index contributed by atoms with van der Waals surface area (Å²) in [5.74, 6) is -0.609. The first-order valence-corrected chi connectivity index (χ1v) is 13.1. The maximum absolute atomic E-state index is 13.8. The lowest BCUT2D eigenvalue weighted by molar-refractivity contribution is -0.139. The summed E-state index contributed by atoms with van der Waals surface area (Å²) in [5.41, 5.74) is 8.24. The quantitative estimate of drug-likeness (QED) is 0.270.